The monoisotopic (exact) mass is 352 g/mol. The molecule has 1 aliphatic carbocycles. The molecule has 2 aromatic carbocycles. The van der Waals surface area contributed by atoms with Gasteiger partial charge in [0.25, 0.3) is 0 Å². The Morgan fingerprint density at radius 3 is 2.23 bits per heavy atom. The molecule has 0 spiro atoms. The number of ether oxygens (including phenoxy) is 2. The zero-order valence-electron chi connectivity index (χ0n) is 14.9. The summed E-state index contributed by atoms with van der Waals surface area (Å²) in [6.07, 6.45) is 6.35. The topological polar surface area (TPSA) is 52.6 Å². The van der Waals surface area contributed by atoms with E-state index in [-0.39, 0.29) is 19.0 Å². The van der Waals surface area contributed by atoms with E-state index in [1.807, 2.05) is 42.5 Å². The summed E-state index contributed by atoms with van der Waals surface area (Å²) in [7, 11) is 0. The summed E-state index contributed by atoms with van der Waals surface area (Å²) in [4.78, 5) is 23.9. The smallest absolute Gasteiger partial charge is 0.344 e. The van der Waals surface area contributed by atoms with E-state index in [4.69, 9.17) is 9.47 Å². The Morgan fingerprint density at radius 2 is 1.54 bits per heavy atom. The van der Waals surface area contributed by atoms with Gasteiger partial charge in [-0.15, -0.1) is 0 Å². The summed E-state index contributed by atoms with van der Waals surface area (Å²) >= 11 is 0. The molecule has 0 saturated heterocycles. The third-order valence-corrected chi connectivity index (χ3v) is 4.77. The number of hydrogen-bond acceptors (Lipinski definition) is 4. The van der Waals surface area contributed by atoms with Gasteiger partial charge in [0.05, 0.1) is 0 Å². The van der Waals surface area contributed by atoms with E-state index in [0.29, 0.717) is 17.2 Å². The Bertz CT molecular complexity index is 716. The number of hydrogen-bond donors (Lipinski definition) is 0. The van der Waals surface area contributed by atoms with Gasteiger partial charge in [-0.2, -0.15) is 0 Å². The van der Waals surface area contributed by atoms with Gasteiger partial charge in [0.1, 0.15) is 5.75 Å². The summed E-state index contributed by atoms with van der Waals surface area (Å²) < 4.78 is 10.3. The number of ketones is 1. The molecule has 1 fully saturated rings. The van der Waals surface area contributed by atoms with Crippen LogP contribution in [0.3, 0.4) is 0 Å². The molecule has 0 aliphatic heterocycles. The first-order valence-electron chi connectivity index (χ1n) is 9.19. The summed E-state index contributed by atoms with van der Waals surface area (Å²) in [5, 5.41) is 0. The van der Waals surface area contributed by atoms with Gasteiger partial charge in [0, 0.05) is 5.56 Å². The second-order valence-corrected chi connectivity index (χ2v) is 6.64. The average Bonchev–Trinajstić information content (AvgIpc) is 2.72. The maximum Gasteiger partial charge on any atom is 0.344 e. The number of Topliss-reactive ketones (excluding diaryl/α,β-unsaturated/α-hetero) is 1. The van der Waals surface area contributed by atoms with Crippen molar-refractivity contribution in [3.8, 4) is 5.75 Å². The van der Waals surface area contributed by atoms with Gasteiger partial charge >= 0.3 is 5.97 Å². The molecule has 3 rings (SSSR count). The van der Waals surface area contributed by atoms with Crippen LogP contribution >= 0.6 is 0 Å². The average molecular weight is 352 g/mol. The van der Waals surface area contributed by atoms with Crippen molar-refractivity contribution in [3.05, 3.63) is 65.7 Å². The number of carbonyl (C=O) groups excluding carboxylic acids is 2. The lowest BCUT2D eigenvalue weighted by Gasteiger charge is -2.22. The van der Waals surface area contributed by atoms with Gasteiger partial charge in [-0.3, -0.25) is 4.79 Å². The molecule has 0 unspecified atom stereocenters. The zero-order valence-corrected chi connectivity index (χ0v) is 14.9. The van der Waals surface area contributed by atoms with Crippen molar-refractivity contribution in [3.63, 3.8) is 0 Å². The predicted octanol–water partition coefficient (Wildman–Crippen LogP) is 4.54. The predicted molar refractivity (Wildman–Crippen MR) is 99.5 cm³/mol. The standard InChI is InChI=1S/C22H24O4/c23-21(15-26-22(24)16-25-20-9-5-2-6-10-20)19-13-11-18(12-14-19)17-7-3-1-4-8-17/h2,5-6,9-14,17H,1,3-4,7-8,15-16H2. The molecule has 0 radical (unpaired) electrons. The lowest BCUT2D eigenvalue weighted by molar-refractivity contribution is -0.144. The lowest BCUT2D eigenvalue weighted by Crippen LogP contribution is -2.19. The maximum atomic E-state index is 12.2. The summed E-state index contributed by atoms with van der Waals surface area (Å²) in [6.45, 7) is -0.475. The summed E-state index contributed by atoms with van der Waals surface area (Å²) in [5.74, 6) is 0.448. The number of carbonyl (C=O) groups is 2. The Kier molecular flexibility index (Phi) is 6.42. The van der Waals surface area contributed by atoms with Gasteiger partial charge < -0.3 is 9.47 Å². The summed E-state index contributed by atoms with van der Waals surface area (Å²) in [5.41, 5.74) is 1.87. The van der Waals surface area contributed by atoms with E-state index in [2.05, 4.69) is 0 Å². The number of para-hydroxylation sites is 1. The van der Waals surface area contributed by atoms with E-state index in [9.17, 15) is 9.59 Å². The summed E-state index contributed by atoms with van der Waals surface area (Å²) in [6, 6.07) is 16.7. The third-order valence-electron chi connectivity index (χ3n) is 4.77. The van der Waals surface area contributed by atoms with Crippen LogP contribution in [-0.2, 0) is 9.53 Å². The first kappa shape index (κ1) is 18.2. The number of esters is 1. The maximum absolute atomic E-state index is 12.2. The van der Waals surface area contributed by atoms with Crippen LogP contribution in [0.4, 0.5) is 0 Å². The normalized spacial score (nSPS) is 14.6. The van der Waals surface area contributed by atoms with Crippen molar-refractivity contribution < 1.29 is 19.1 Å². The van der Waals surface area contributed by atoms with Crippen molar-refractivity contribution in [1.29, 1.82) is 0 Å². The molecular formula is C22H24O4. The largest absolute Gasteiger partial charge is 0.482 e. The van der Waals surface area contributed by atoms with Crippen LogP contribution in [0.1, 0.15) is 53.9 Å². The van der Waals surface area contributed by atoms with Crippen LogP contribution in [0.5, 0.6) is 5.75 Å². The van der Waals surface area contributed by atoms with Gasteiger partial charge in [0.15, 0.2) is 19.0 Å². The molecule has 0 bridgehead atoms. The fraction of sp³-hybridized carbons (Fsp3) is 0.364. The Balaban J connectivity index is 1.44. The fourth-order valence-electron chi connectivity index (χ4n) is 3.31. The van der Waals surface area contributed by atoms with E-state index in [0.717, 1.165) is 0 Å². The third kappa shape index (κ3) is 5.19. The molecule has 0 heterocycles. The first-order valence-corrected chi connectivity index (χ1v) is 9.19. The minimum atomic E-state index is -0.555. The van der Waals surface area contributed by atoms with Gasteiger partial charge in [-0.05, 0) is 36.5 Å². The van der Waals surface area contributed by atoms with Crippen LogP contribution in [0.2, 0.25) is 0 Å². The van der Waals surface area contributed by atoms with Crippen LogP contribution in [0.15, 0.2) is 54.6 Å². The van der Waals surface area contributed by atoms with Crippen molar-refractivity contribution in [2.75, 3.05) is 13.2 Å². The van der Waals surface area contributed by atoms with E-state index in [1.54, 1.807) is 12.1 Å². The minimum Gasteiger partial charge on any atom is -0.482 e. The molecule has 136 valence electrons. The quantitative estimate of drug-likeness (QED) is 0.542. The van der Waals surface area contributed by atoms with E-state index in [1.165, 1.54) is 37.7 Å². The molecule has 0 atom stereocenters. The molecule has 4 heteroatoms. The highest BCUT2D eigenvalue weighted by molar-refractivity contribution is 5.98. The van der Waals surface area contributed by atoms with Crippen LogP contribution in [0, 0.1) is 0 Å². The van der Waals surface area contributed by atoms with Crippen LogP contribution < -0.4 is 4.74 Å². The Morgan fingerprint density at radius 1 is 0.846 bits per heavy atom. The molecule has 2 aromatic rings. The Hall–Kier alpha value is -2.62. The van der Waals surface area contributed by atoms with E-state index < -0.39 is 5.97 Å². The minimum absolute atomic E-state index is 0.201. The zero-order chi connectivity index (χ0) is 18.2. The number of benzene rings is 2. The highest BCUT2D eigenvalue weighted by atomic mass is 16.6. The molecule has 1 saturated carbocycles. The lowest BCUT2D eigenvalue weighted by atomic mass is 9.84. The molecule has 0 N–H and O–H groups in total. The second-order valence-electron chi connectivity index (χ2n) is 6.64. The fourth-order valence-corrected chi connectivity index (χ4v) is 3.31. The second kappa shape index (κ2) is 9.18. The molecular weight excluding hydrogens is 328 g/mol. The van der Waals surface area contributed by atoms with Gasteiger partial charge in [-0.25, -0.2) is 4.79 Å². The van der Waals surface area contributed by atoms with Crippen molar-refractivity contribution in [2.24, 2.45) is 0 Å². The van der Waals surface area contributed by atoms with Crippen molar-refractivity contribution in [1.82, 2.24) is 0 Å². The molecule has 0 aromatic heterocycles. The van der Waals surface area contributed by atoms with Gasteiger partial charge in [-0.1, -0.05) is 61.7 Å². The molecule has 0 amide bonds. The van der Waals surface area contributed by atoms with Crippen LogP contribution in [-0.4, -0.2) is 25.0 Å². The van der Waals surface area contributed by atoms with Gasteiger partial charge in [0.2, 0.25) is 0 Å². The highest BCUT2D eigenvalue weighted by Gasteiger charge is 2.16. The SMILES string of the molecule is O=C(COc1ccccc1)OCC(=O)c1ccc(C2CCCCC2)cc1. The molecule has 26 heavy (non-hydrogen) atoms. The molecule has 4 nitrogen and oxygen atoms in total. The van der Waals surface area contributed by atoms with Crippen molar-refractivity contribution >= 4 is 11.8 Å². The van der Waals surface area contributed by atoms with Crippen LogP contribution in [0.25, 0.3) is 0 Å². The molecule has 1 aliphatic rings. The first-order chi connectivity index (χ1) is 12.7. The van der Waals surface area contributed by atoms with E-state index >= 15 is 0 Å². The van der Waals surface area contributed by atoms with Crippen molar-refractivity contribution in [2.45, 2.75) is 38.0 Å². The Labute approximate surface area is 154 Å². The highest BCUT2D eigenvalue weighted by Crippen LogP contribution is 2.32. The number of rotatable bonds is 7.